The quantitative estimate of drug-likeness (QED) is 0.517. The summed E-state index contributed by atoms with van der Waals surface area (Å²) < 4.78 is 16.3. The fourth-order valence-electron chi connectivity index (χ4n) is 4.98. The average molecular weight is 488 g/mol. The first-order valence-corrected chi connectivity index (χ1v) is 11.7. The Morgan fingerprint density at radius 3 is 2.11 bits per heavy atom. The lowest BCUT2D eigenvalue weighted by atomic mass is 9.98. The van der Waals surface area contributed by atoms with Crippen LogP contribution in [0, 0.1) is 0 Å². The van der Waals surface area contributed by atoms with E-state index in [0.717, 1.165) is 22.3 Å². The lowest BCUT2D eigenvalue weighted by molar-refractivity contribution is -0.141. The summed E-state index contributed by atoms with van der Waals surface area (Å²) in [6.07, 6.45) is -1.09. The Hall–Kier alpha value is -4.33. The maximum atomic E-state index is 13.0. The number of amides is 1. The first-order valence-electron chi connectivity index (χ1n) is 11.7. The van der Waals surface area contributed by atoms with E-state index in [-0.39, 0.29) is 25.5 Å². The topological polar surface area (TPSA) is 102 Å². The molecule has 3 aromatic carbocycles. The van der Waals surface area contributed by atoms with E-state index >= 15 is 0 Å². The van der Waals surface area contributed by atoms with Gasteiger partial charge >= 0.3 is 18.0 Å². The summed E-state index contributed by atoms with van der Waals surface area (Å²) in [5, 5.41) is 9.72. The smallest absolute Gasteiger partial charge is 0.410 e. The summed E-state index contributed by atoms with van der Waals surface area (Å²) in [6, 6.07) is 21.3. The summed E-state index contributed by atoms with van der Waals surface area (Å²) in [7, 11) is 1.30. The average Bonchev–Trinajstić information content (AvgIpc) is 3.47. The summed E-state index contributed by atoms with van der Waals surface area (Å²) >= 11 is 0. The molecule has 0 bridgehead atoms. The van der Waals surface area contributed by atoms with E-state index in [1.807, 2.05) is 36.4 Å². The highest BCUT2D eigenvalue weighted by Gasteiger charge is 2.42. The summed E-state index contributed by atoms with van der Waals surface area (Å²) in [4.78, 5) is 37.7. The maximum Gasteiger partial charge on any atom is 0.410 e. The van der Waals surface area contributed by atoms with Crippen molar-refractivity contribution in [1.82, 2.24) is 4.90 Å². The number of carbonyl (C=O) groups is 3. The van der Waals surface area contributed by atoms with E-state index in [9.17, 15) is 19.5 Å². The van der Waals surface area contributed by atoms with Crippen LogP contribution in [0.2, 0.25) is 0 Å². The Bertz CT molecular complexity index is 1260. The minimum atomic E-state index is -1.12. The number of fused-ring (bicyclic) bond motifs is 3. The van der Waals surface area contributed by atoms with Crippen molar-refractivity contribution in [3.63, 3.8) is 0 Å². The number of rotatable bonds is 6. The monoisotopic (exact) mass is 487 g/mol. The van der Waals surface area contributed by atoms with Gasteiger partial charge in [-0.25, -0.2) is 14.4 Å². The van der Waals surface area contributed by atoms with Crippen LogP contribution in [0.3, 0.4) is 0 Å². The number of nitrogens with zero attached hydrogens (tertiary/aromatic N) is 1. The van der Waals surface area contributed by atoms with Crippen molar-refractivity contribution < 1.29 is 33.7 Å². The van der Waals surface area contributed by atoms with Gasteiger partial charge in [0.1, 0.15) is 24.5 Å². The molecular weight excluding hydrogens is 462 g/mol. The Morgan fingerprint density at radius 1 is 0.917 bits per heavy atom. The largest absolute Gasteiger partial charge is 0.488 e. The molecule has 8 heteroatoms. The number of carboxylic acid groups (broad SMARTS) is 1. The zero-order chi connectivity index (χ0) is 25.2. The van der Waals surface area contributed by atoms with Crippen LogP contribution in [-0.4, -0.2) is 60.4 Å². The van der Waals surface area contributed by atoms with Crippen molar-refractivity contribution in [2.24, 2.45) is 0 Å². The van der Waals surface area contributed by atoms with Gasteiger partial charge in [0.15, 0.2) is 0 Å². The minimum Gasteiger partial charge on any atom is -0.488 e. The third-order valence-corrected chi connectivity index (χ3v) is 6.70. The summed E-state index contributed by atoms with van der Waals surface area (Å²) in [6.45, 7) is 0.183. The van der Waals surface area contributed by atoms with Crippen molar-refractivity contribution in [2.45, 2.75) is 24.5 Å². The Kier molecular flexibility index (Phi) is 6.33. The van der Waals surface area contributed by atoms with Crippen LogP contribution in [0.25, 0.3) is 11.1 Å². The van der Waals surface area contributed by atoms with Crippen molar-refractivity contribution in [3.05, 3.63) is 89.5 Å². The number of methoxy groups -OCH3 is 1. The Morgan fingerprint density at radius 2 is 1.53 bits per heavy atom. The molecule has 2 unspecified atom stereocenters. The summed E-state index contributed by atoms with van der Waals surface area (Å²) in [5.41, 5.74) is 4.77. The van der Waals surface area contributed by atoms with Crippen molar-refractivity contribution in [2.75, 3.05) is 20.3 Å². The van der Waals surface area contributed by atoms with Gasteiger partial charge in [-0.15, -0.1) is 0 Å². The fourth-order valence-corrected chi connectivity index (χ4v) is 4.98. The highest BCUT2D eigenvalue weighted by Crippen LogP contribution is 2.44. The standard InChI is InChI=1S/C28H25NO7/c1-34-27(32)17-10-12-18(13-11-17)36-19-14-25(26(30)31)29(15-19)28(33)35-16-24-22-8-4-2-6-20(22)21-7-3-5-9-23(21)24/h2-13,19,24-25H,14-16H2,1H3,(H,30,31). The highest BCUT2D eigenvalue weighted by molar-refractivity contribution is 5.89. The second kappa shape index (κ2) is 9.73. The van der Waals surface area contributed by atoms with Crippen molar-refractivity contribution in [3.8, 4) is 16.9 Å². The molecule has 0 radical (unpaired) electrons. The van der Waals surface area contributed by atoms with E-state index in [1.165, 1.54) is 12.0 Å². The summed E-state index contributed by atoms with van der Waals surface area (Å²) in [5.74, 6) is -1.23. The predicted octanol–water partition coefficient (Wildman–Crippen LogP) is 4.33. The molecule has 1 N–H and O–H groups in total. The second-order valence-corrected chi connectivity index (χ2v) is 8.80. The minimum absolute atomic E-state index is 0.0758. The lowest BCUT2D eigenvalue weighted by Crippen LogP contribution is -2.41. The molecule has 8 nitrogen and oxygen atoms in total. The molecule has 3 aromatic rings. The van der Waals surface area contributed by atoms with Crippen molar-refractivity contribution >= 4 is 18.0 Å². The Balaban J connectivity index is 1.26. The van der Waals surface area contributed by atoms with Gasteiger partial charge in [0.2, 0.25) is 0 Å². The molecule has 36 heavy (non-hydrogen) atoms. The first kappa shape index (κ1) is 23.4. The van der Waals surface area contributed by atoms with E-state index in [4.69, 9.17) is 9.47 Å². The molecule has 1 heterocycles. The molecule has 2 atom stereocenters. The Labute approximate surface area is 208 Å². The zero-order valence-electron chi connectivity index (χ0n) is 19.6. The third kappa shape index (κ3) is 4.37. The van der Waals surface area contributed by atoms with Crippen LogP contribution in [0.5, 0.6) is 5.75 Å². The molecule has 1 fully saturated rings. The first-order chi connectivity index (χ1) is 17.5. The third-order valence-electron chi connectivity index (χ3n) is 6.70. The molecule has 1 saturated heterocycles. The molecule has 0 aromatic heterocycles. The van der Waals surface area contributed by atoms with E-state index in [0.29, 0.717) is 11.3 Å². The van der Waals surface area contributed by atoms with Crippen LogP contribution in [0.1, 0.15) is 33.8 Å². The van der Waals surface area contributed by atoms with Crippen LogP contribution in [0.15, 0.2) is 72.8 Å². The van der Waals surface area contributed by atoms with Gasteiger partial charge in [-0.05, 0) is 46.5 Å². The maximum absolute atomic E-state index is 13.0. The molecule has 1 amide bonds. The normalized spacial score (nSPS) is 18.3. The van der Waals surface area contributed by atoms with Gasteiger partial charge in [0.05, 0.1) is 19.2 Å². The molecule has 2 aliphatic rings. The molecule has 184 valence electrons. The number of hydrogen-bond donors (Lipinski definition) is 1. The van der Waals surface area contributed by atoms with Crippen LogP contribution in [0.4, 0.5) is 4.79 Å². The number of benzene rings is 3. The predicted molar refractivity (Wildman–Crippen MR) is 130 cm³/mol. The fraction of sp³-hybridized carbons (Fsp3) is 0.250. The van der Waals surface area contributed by atoms with Gasteiger partial charge < -0.3 is 19.3 Å². The number of ether oxygens (including phenoxy) is 3. The van der Waals surface area contributed by atoms with Crippen molar-refractivity contribution in [1.29, 1.82) is 0 Å². The number of esters is 1. The molecule has 0 spiro atoms. The van der Waals surface area contributed by atoms with Gasteiger partial charge in [-0.2, -0.15) is 0 Å². The van der Waals surface area contributed by atoms with Gasteiger partial charge in [0.25, 0.3) is 0 Å². The molecule has 5 rings (SSSR count). The highest BCUT2D eigenvalue weighted by atomic mass is 16.6. The number of likely N-dealkylation sites (tertiary alicyclic amines) is 1. The number of carboxylic acids is 1. The van der Waals surface area contributed by atoms with E-state index in [2.05, 4.69) is 16.9 Å². The zero-order valence-corrected chi connectivity index (χ0v) is 19.6. The number of aliphatic carboxylic acids is 1. The van der Waals surface area contributed by atoms with E-state index < -0.39 is 30.2 Å². The molecule has 1 aliphatic heterocycles. The SMILES string of the molecule is COC(=O)c1ccc(OC2CC(C(=O)O)N(C(=O)OCC3c4ccccc4-c4ccccc43)C2)cc1. The van der Waals surface area contributed by atoms with Crippen LogP contribution < -0.4 is 4.74 Å². The van der Waals surface area contributed by atoms with Gasteiger partial charge in [0, 0.05) is 12.3 Å². The molecular formula is C28H25NO7. The molecule has 1 aliphatic carbocycles. The van der Waals surface area contributed by atoms with Crippen LogP contribution >= 0.6 is 0 Å². The van der Waals surface area contributed by atoms with Crippen LogP contribution in [-0.2, 0) is 14.3 Å². The van der Waals surface area contributed by atoms with Gasteiger partial charge in [-0.1, -0.05) is 48.5 Å². The lowest BCUT2D eigenvalue weighted by Gasteiger charge is -2.22. The van der Waals surface area contributed by atoms with E-state index in [1.54, 1.807) is 24.3 Å². The number of hydrogen-bond acceptors (Lipinski definition) is 6. The van der Waals surface area contributed by atoms with Gasteiger partial charge in [-0.3, -0.25) is 4.90 Å². The molecule has 0 saturated carbocycles. The second-order valence-electron chi connectivity index (χ2n) is 8.80. The number of carbonyl (C=O) groups excluding carboxylic acids is 2.